The molecule has 0 spiro atoms. The molecule has 1 amide bonds. The van der Waals surface area contributed by atoms with Crippen LogP contribution in [0.5, 0.6) is 0 Å². The molecule has 0 radical (unpaired) electrons. The highest BCUT2D eigenvalue weighted by Crippen LogP contribution is 2.43. The molecule has 3 rings (SSSR count). The Balaban J connectivity index is 1.73. The Morgan fingerprint density at radius 2 is 1.90 bits per heavy atom. The average molecular weight is 306 g/mol. The maximum absolute atomic E-state index is 12.4. The number of amides is 1. The Kier molecular flexibility index (Phi) is 3.72. The van der Waals surface area contributed by atoms with Crippen molar-refractivity contribution in [3.8, 4) is 0 Å². The zero-order valence-electron chi connectivity index (χ0n) is 11.3. The molecule has 4 unspecified atom stereocenters. The highest BCUT2D eigenvalue weighted by atomic mass is 35.5. The molecule has 110 valence electrons. The van der Waals surface area contributed by atoms with Crippen LogP contribution in [-0.2, 0) is 9.59 Å². The number of carbonyl (C=O) groups is 2. The highest BCUT2D eigenvalue weighted by Gasteiger charge is 2.40. The molecular formula is C16H16ClNO3. The van der Waals surface area contributed by atoms with Crippen molar-refractivity contribution in [2.75, 3.05) is 0 Å². The van der Waals surface area contributed by atoms with E-state index in [1.807, 2.05) is 0 Å². The summed E-state index contributed by atoms with van der Waals surface area (Å²) in [5.41, 5.74) is 0.527. The Bertz CT molecular complexity index is 596. The van der Waals surface area contributed by atoms with Crippen molar-refractivity contribution in [1.82, 2.24) is 5.32 Å². The van der Waals surface area contributed by atoms with Gasteiger partial charge in [-0.2, -0.15) is 0 Å². The fourth-order valence-electron chi connectivity index (χ4n) is 3.27. The second kappa shape index (κ2) is 5.53. The molecule has 0 aromatic heterocycles. The van der Waals surface area contributed by atoms with Gasteiger partial charge in [-0.1, -0.05) is 35.9 Å². The second-order valence-corrected chi connectivity index (χ2v) is 6.15. The molecule has 1 fully saturated rings. The van der Waals surface area contributed by atoms with Gasteiger partial charge in [0.1, 0.15) is 0 Å². The third-order valence-electron chi connectivity index (χ3n) is 4.35. The van der Waals surface area contributed by atoms with E-state index in [2.05, 4.69) is 17.5 Å². The van der Waals surface area contributed by atoms with Gasteiger partial charge in [0.2, 0.25) is 5.91 Å². The topological polar surface area (TPSA) is 66.4 Å². The van der Waals surface area contributed by atoms with Gasteiger partial charge in [0.05, 0.1) is 0 Å². The zero-order chi connectivity index (χ0) is 15.0. The predicted molar refractivity (Wildman–Crippen MR) is 78.8 cm³/mol. The Labute approximate surface area is 127 Å². The van der Waals surface area contributed by atoms with E-state index in [9.17, 15) is 14.7 Å². The van der Waals surface area contributed by atoms with Gasteiger partial charge in [-0.05, 0) is 42.4 Å². The maximum Gasteiger partial charge on any atom is 0.330 e. The number of halogens is 1. The molecular weight excluding hydrogens is 290 g/mol. The number of carbonyl (C=O) groups excluding carboxylic acids is 1. The molecule has 1 aromatic carbocycles. The molecule has 2 aliphatic carbocycles. The number of aliphatic carboxylic acids is 1. The van der Waals surface area contributed by atoms with Crippen LogP contribution in [0.3, 0.4) is 0 Å². The number of fused-ring (bicyclic) bond motifs is 2. The van der Waals surface area contributed by atoms with Crippen LogP contribution >= 0.6 is 11.6 Å². The van der Waals surface area contributed by atoms with E-state index in [1.54, 1.807) is 24.3 Å². The lowest BCUT2D eigenvalue weighted by Gasteiger charge is -2.21. The Morgan fingerprint density at radius 1 is 1.19 bits per heavy atom. The zero-order valence-corrected chi connectivity index (χ0v) is 12.1. The summed E-state index contributed by atoms with van der Waals surface area (Å²) in [6, 6.07) is 5.47. The van der Waals surface area contributed by atoms with Crippen molar-refractivity contribution in [3.05, 3.63) is 47.0 Å². The number of carboxylic acid groups (broad SMARTS) is 1. The van der Waals surface area contributed by atoms with Crippen molar-refractivity contribution < 1.29 is 14.7 Å². The fourth-order valence-corrected chi connectivity index (χ4v) is 3.40. The highest BCUT2D eigenvalue weighted by molar-refractivity contribution is 6.30. The molecule has 2 bridgehead atoms. The number of nitrogens with one attached hydrogen (secondary N) is 1. The first-order chi connectivity index (χ1) is 10.0. The third-order valence-corrected chi connectivity index (χ3v) is 4.60. The molecule has 5 heteroatoms. The molecule has 1 aromatic rings. The van der Waals surface area contributed by atoms with E-state index in [1.165, 1.54) is 0 Å². The Morgan fingerprint density at radius 3 is 2.43 bits per heavy atom. The van der Waals surface area contributed by atoms with Gasteiger partial charge in [-0.15, -0.1) is 0 Å². The minimum atomic E-state index is -1.07. The van der Waals surface area contributed by atoms with Crippen molar-refractivity contribution in [1.29, 1.82) is 0 Å². The number of hydrogen-bond donors (Lipinski definition) is 2. The third kappa shape index (κ3) is 2.81. The van der Waals surface area contributed by atoms with Gasteiger partial charge >= 0.3 is 5.97 Å². The standard InChI is InChI=1S/C16H16ClNO3/c17-12-5-3-10(4-6-12)14(16(20)21)18-15(19)13-8-9-1-2-11(13)7-9/h1-6,9,11,13-14H,7-8H2,(H,18,19)(H,20,21). The van der Waals surface area contributed by atoms with E-state index in [0.29, 0.717) is 16.5 Å². The summed E-state index contributed by atoms with van der Waals surface area (Å²) in [4.78, 5) is 23.8. The molecule has 0 saturated heterocycles. The summed E-state index contributed by atoms with van der Waals surface area (Å²) in [6.45, 7) is 0. The van der Waals surface area contributed by atoms with Crippen LogP contribution in [0.1, 0.15) is 24.4 Å². The number of benzene rings is 1. The number of hydrogen-bond acceptors (Lipinski definition) is 2. The normalized spacial score (nSPS) is 27.6. The first-order valence-electron chi connectivity index (χ1n) is 7.01. The minimum Gasteiger partial charge on any atom is -0.479 e. The fraction of sp³-hybridized carbons (Fsp3) is 0.375. The summed E-state index contributed by atoms with van der Waals surface area (Å²) in [6.07, 6.45) is 6.07. The van der Waals surface area contributed by atoms with Gasteiger partial charge < -0.3 is 10.4 Å². The minimum absolute atomic E-state index is 0.103. The van der Waals surface area contributed by atoms with Gasteiger partial charge in [-0.3, -0.25) is 4.79 Å². The van der Waals surface area contributed by atoms with Crippen LogP contribution in [-0.4, -0.2) is 17.0 Å². The quantitative estimate of drug-likeness (QED) is 0.841. The van der Waals surface area contributed by atoms with Gasteiger partial charge in [0, 0.05) is 10.9 Å². The molecule has 2 aliphatic rings. The monoisotopic (exact) mass is 305 g/mol. The number of allylic oxidation sites excluding steroid dienone is 2. The lowest BCUT2D eigenvalue weighted by atomic mass is 9.92. The van der Waals surface area contributed by atoms with Crippen LogP contribution in [0.4, 0.5) is 0 Å². The SMILES string of the molecule is O=C(O)C(NC(=O)C1CC2C=CC1C2)c1ccc(Cl)cc1. The van der Waals surface area contributed by atoms with E-state index in [0.717, 1.165) is 12.8 Å². The Hall–Kier alpha value is -1.81. The second-order valence-electron chi connectivity index (χ2n) is 5.72. The maximum atomic E-state index is 12.4. The summed E-state index contributed by atoms with van der Waals surface area (Å²) in [5.74, 6) is -0.605. The molecule has 21 heavy (non-hydrogen) atoms. The summed E-state index contributed by atoms with van der Waals surface area (Å²) in [7, 11) is 0. The van der Waals surface area contributed by atoms with Gasteiger partial charge in [-0.25, -0.2) is 4.79 Å². The smallest absolute Gasteiger partial charge is 0.330 e. The van der Waals surface area contributed by atoms with E-state index >= 15 is 0 Å². The van der Waals surface area contributed by atoms with Crippen molar-refractivity contribution in [2.45, 2.75) is 18.9 Å². The molecule has 0 aliphatic heterocycles. The molecule has 4 atom stereocenters. The lowest BCUT2D eigenvalue weighted by Crippen LogP contribution is -2.39. The van der Waals surface area contributed by atoms with Crippen LogP contribution in [0.15, 0.2) is 36.4 Å². The average Bonchev–Trinajstić information content (AvgIpc) is 3.08. The lowest BCUT2D eigenvalue weighted by molar-refractivity contribution is -0.142. The number of rotatable bonds is 4. The summed E-state index contributed by atoms with van der Waals surface area (Å²) >= 11 is 5.81. The van der Waals surface area contributed by atoms with E-state index < -0.39 is 12.0 Å². The number of carboxylic acids is 1. The van der Waals surface area contributed by atoms with E-state index in [4.69, 9.17) is 11.6 Å². The van der Waals surface area contributed by atoms with Crippen LogP contribution in [0, 0.1) is 17.8 Å². The largest absolute Gasteiger partial charge is 0.479 e. The molecule has 0 heterocycles. The van der Waals surface area contributed by atoms with Gasteiger partial charge in [0.25, 0.3) is 0 Å². The van der Waals surface area contributed by atoms with Crippen molar-refractivity contribution >= 4 is 23.5 Å². The van der Waals surface area contributed by atoms with Crippen molar-refractivity contribution in [2.24, 2.45) is 17.8 Å². The van der Waals surface area contributed by atoms with Crippen LogP contribution in [0.2, 0.25) is 5.02 Å². The van der Waals surface area contributed by atoms with Crippen molar-refractivity contribution in [3.63, 3.8) is 0 Å². The first-order valence-corrected chi connectivity index (χ1v) is 7.39. The van der Waals surface area contributed by atoms with E-state index in [-0.39, 0.29) is 17.7 Å². The first kappa shape index (κ1) is 14.1. The van der Waals surface area contributed by atoms with Gasteiger partial charge in [0.15, 0.2) is 6.04 Å². The molecule has 2 N–H and O–H groups in total. The van der Waals surface area contributed by atoms with Crippen LogP contribution < -0.4 is 5.32 Å². The predicted octanol–water partition coefficient (Wildman–Crippen LogP) is 2.79. The summed E-state index contributed by atoms with van der Waals surface area (Å²) in [5, 5.41) is 12.6. The summed E-state index contributed by atoms with van der Waals surface area (Å²) < 4.78 is 0. The molecule has 1 saturated carbocycles. The van der Waals surface area contributed by atoms with Crippen LogP contribution in [0.25, 0.3) is 0 Å². The molecule has 4 nitrogen and oxygen atoms in total.